The molecule has 0 unspecified atom stereocenters. The number of benzene rings is 2. The number of aromatic nitrogens is 2. The average Bonchev–Trinajstić information content (AvgIpc) is 3.01. The first-order valence-electron chi connectivity index (χ1n) is 6.59. The first kappa shape index (κ1) is 13.1. The molecule has 0 N–H and O–H groups in total. The third-order valence-corrected chi connectivity index (χ3v) is 2.71. The van der Waals surface area contributed by atoms with Crippen molar-refractivity contribution >= 4 is 0 Å². The van der Waals surface area contributed by atoms with Crippen molar-refractivity contribution in [2.24, 2.45) is 0 Å². The monoisotopic (exact) mass is 250 g/mol. The third-order valence-electron chi connectivity index (χ3n) is 2.71. The number of hydrogen-bond donors (Lipinski definition) is 0. The Balaban J connectivity index is 0.000000637. The van der Waals surface area contributed by atoms with Crippen LogP contribution in [0.2, 0.25) is 0 Å². The Labute approximate surface area is 114 Å². The summed E-state index contributed by atoms with van der Waals surface area (Å²) >= 11 is 0. The maximum atomic E-state index is 4.43. The van der Waals surface area contributed by atoms with Crippen LogP contribution in [0.25, 0.3) is 17.1 Å². The van der Waals surface area contributed by atoms with Gasteiger partial charge in [0.05, 0.1) is 0 Å². The fraction of sp³-hybridized carbons (Fsp3) is 0.118. The van der Waals surface area contributed by atoms with Crippen LogP contribution in [0.1, 0.15) is 13.8 Å². The van der Waals surface area contributed by atoms with Gasteiger partial charge < -0.3 is 0 Å². The average molecular weight is 250 g/mol. The molecule has 2 heteroatoms. The Morgan fingerprint density at radius 3 is 2.00 bits per heavy atom. The second-order valence-electron chi connectivity index (χ2n) is 3.82. The topological polar surface area (TPSA) is 17.8 Å². The highest BCUT2D eigenvalue weighted by Gasteiger charge is 2.05. The lowest BCUT2D eigenvalue weighted by Gasteiger charge is -2.07. The van der Waals surface area contributed by atoms with Gasteiger partial charge in [0.25, 0.3) is 0 Å². The van der Waals surface area contributed by atoms with Crippen molar-refractivity contribution in [2.45, 2.75) is 13.8 Å². The highest BCUT2D eigenvalue weighted by Crippen LogP contribution is 2.20. The van der Waals surface area contributed by atoms with Crippen LogP contribution in [-0.4, -0.2) is 9.55 Å². The van der Waals surface area contributed by atoms with Crippen LogP contribution in [0, 0.1) is 0 Å². The molecule has 0 spiro atoms. The van der Waals surface area contributed by atoms with Crippen LogP contribution in [-0.2, 0) is 0 Å². The zero-order valence-electron chi connectivity index (χ0n) is 11.3. The van der Waals surface area contributed by atoms with Gasteiger partial charge in [-0.25, -0.2) is 4.98 Å². The van der Waals surface area contributed by atoms with E-state index in [1.807, 2.05) is 62.6 Å². The van der Waals surface area contributed by atoms with E-state index in [4.69, 9.17) is 0 Å². The lowest BCUT2D eigenvalue weighted by Crippen LogP contribution is -1.95. The van der Waals surface area contributed by atoms with Crippen molar-refractivity contribution in [2.75, 3.05) is 0 Å². The number of imidazole rings is 1. The van der Waals surface area contributed by atoms with E-state index in [1.165, 1.54) is 0 Å². The Hall–Kier alpha value is -2.35. The maximum absolute atomic E-state index is 4.43. The Morgan fingerprint density at radius 2 is 1.37 bits per heavy atom. The molecule has 1 aromatic heterocycles. The van der Waals surface area contributed by atoms with E-state index in [-0.39, 0.29) is 0 Å². The highest BCUT2D eigenvalue weighted by atomic mass is 15.1. The molecule has 3 aromatic rings. The third kappa shape index (κ3) is 2.91. The van der Waals surface area contributed by atoms with Crippen molar-refractivity contribution in [1.82, 2.24) is 9.55 Å². The first-order valence-corrected chi connectivity index (χ1v) is 6.59. The number of rotatable bonds is 2. The molecular weight excluding hydrogens is 232 g/mol. The first-order chi connectivity index (χ1) is 9.45. The van der Waals surface area contributed by atoms with Crippen molar-refractivity contribution in [3.05, 3.63) is 73.1 Å². The summed E-state index contributed by atoms with van der Waals surface area (Å²) in [6, 6.07) is 20.4. The summed E-state index contributed by atoms with van der Waals surface area (Å²) < 4.78 is 2.09. The van der Waals surface area contributed by atoms with Gasteiger partial charge >= 0.3 is 0 Å². The summed E-state index contributed by atoms with van der Waals surface area (Å²) in [5.41, 5.74) is 2.25. The smallest absolute Gasteiger partial charge is 0.144 e. The molecule has 0 aliphatic rings. The molecular formula is C17H18N2. The van der Waals surface area contributed by atoms with Gasteiger partial charge in [0, 0.05) is 23.6 Å². The van der Waals surface area contributed by atoms with Crippen LogP contribution in [0.3, 0.4) is 0 Å². The van der Waals surface area contributed by atoms with Crippen molar-refractivity contribution in [3.8, 4) is 17.1 Å². The minimum atomic E-state index is 0.969. The predicted octanol–water partition coefficient (Wildman–Crippen LogP) is 4.57. The van der Waals surface area contributed by atoms with Gasteiger partial charge in [0.15, 0.2) is 0 Å². The summed E-state index contributed by atoms with van der Waals surface area (Å²) in [5, 5.41) is 0. The molecule has 0 saturated heterocycles. The minimum absolute atomic E-state index is 0.969. The van der Waals surface area contributed by atoms with Crippen molar-refractivity contribution < 1.29 is 0 Å². The van der Waals surface area contributed by atoms with Gasteiger partial charge in [0.2, 0.25) is 0 Å². The van der Waals surface area contributed by atoms with E-state index in [0.717, 1.165) is 17.1 Å². The van der Waals surface area contributed by atoms with Crippen LogP contribution < -0.4 is 0 Å². The van der Waals surface area contributed by atoms with Crippen LogP contribution >= 0.6 is 0 Å². The number of nitrogens with zero attached hydrogens (tertiary/aromatic N) is 2. The molecule has 0 radical (unpaired) electrons. The quantitative estimate of drug-likeness (QED) is 0.651. The normalized spacial score (nSPS) is 9.58. The SMILES string of the molecule is CC.c1ccc(-c2nccn2-c2ccccc2)cc1. The summed E-state index contributed by atoms with van der Waals surface area (Å²) in [6.45, 7) is 4.00. The Kier molecular flexibility index (Phi) is 4.51. The minimum Gasteiger partial charge on any atom is -0.300 e. The molecule has 0 aliphatic heterocycles. The Morgan fingerprint density at radius 1 is 0.789 bits per heavy atom. The molecule has 2 nitrogen and oxygen atoms in total. The lowest BCUT2D eigenvalue weighted by molar-refractivity contribution is 1.07. The van der Waals surface area contributed by atoms with E-state index in [2.05, 4.69) is 33.8 Å². The van der Waals surface area contributed by atoms with E-state index in [1.54, 1.807) is 0 Å². The summed E-state index contributed by atoms with van der Waals surface area (Å²) in [5.74, 6) is 0.969. The molecule has 96 valence electrons. The second-order valence-corrected chi connectivity index (χ2v) is 3.82. The summed E-state index contributed by atoms with van der Waals surface area (Å²) in [7, 11) is 0. The predicted molar refractivity (Wildman–Crippen MR) is 80.3 cm³/mol. The van der Waals surface area contributed by atoms with E-state index in [9.17, 15) is 0 Å². The standard InChI is InChI=1S/C15H12N2.C2H6/c1-3-7-13(8-4-1)15-16-11-12-17(15)14-9-5-2-6-10-14;1-2/h1-12H;1-2H3. The van der Waals surface area contributed by atoms with Crippen LogP contribution in [0.5, 0.6) is 0 Å². The van der Waals surface area contributed by atoms with Crippen LogP contribution in [0.15, 0.2) is 73.1 Å². The summed E-state index contributed by atoms with van der Waals surface area (Å²) in [4.78, 5) is 4.43. The fourth-order valence-electron chi connectivity index (χ4n) is 1.90. The van der Waals surface area contributed by atoms with Crippen molar-refractivity contribution in [3.63, 3.8) is 0 Å². The fourth-order valence-corrected chi connectivity index (χ4v) is 1.90. The highest BCUT2D eigenvalue weighted by molar-refractivity contribution is 5.58. The molecule has 2 aromatic carbocycles. The van der Waals surface area contributed by atoms with Gasteiger partial charge in [-0.1, -0.05) is 62.4 Å². The molecule has 0 saturated carbocycles. The van der Waals surface area contributed by atoms with Crippen molar-refractivity contribution in [1.29, 1.82) is 0 Å². The van der Waals surface area contributed by atoms with E-state index < -0.39 is 0 Å². The number of para-hydroxylation sites is 1. The largest absolute Gasteiger partial charge is 0.300 e. The molecule has 0 bridgehead atoms. The molecule has 0 fully saturated rings. The van der Waals surface area contributed by atoms with Gasteiger partial charge in [-0.3, -0.25) is 4.57 Å². The lowest BCUT2D eigenvalue weighted by atomic mass is 10.2. The van der Waals surface area contributed by atoms with Crippen LogP contribution in [0.4, 0.5) is 0 Å². The second kappa shape index (κ2) is 6.55. The van der Waals surface area contributed by atoms with E-state index >= 15 is 0 Å². The van der Waals surface area contributed by atoms with Gasteiger partial charge in [-0.15, -0.1) is 0 Å². The zero-order chi connectivity index (χ0) is 13.5. The molecule has 19 heavy (non-hydrogen) atoms. The van der Waals surface area contributed by atoms with E-state index in [0.29, 0.717) is 0 Å². The molecule has 0 amide bonds. The summed E-state index contributed by atoms with van der Waals surface area (Å²) in [6.07, 6.45) is 3.81. The van der Waals surface area contributed by atoms with Gasteiger partial charge in [-0.05, 0) is 12.1 Å². The Bertz CT molecular complexity index is 543. The number of hydrogen-bond acceptors (Lipinski definition) is 1. The molecule has 0 aliphatic carbocycles. The molecule has 1 heterocycles. The van der Waals surface area contributed by atoms with Gasteiger partial charge in [0.1, 0.15) is 5.82 Å². The molecule has 0 atom stereocenters. The maximum Gasteiger partial charge on any atom is 0.144 e. The zero-order valence-corrected chi connectivity index (χ0v) is 11.3. The molecule has 3 rings (SSSR count). The van der Waals surface area contributed by atoms with Gasteiger partial charge in [-0.2, -0.15) is 0 Å².